The molecule has 0 radical (unpaired) electrons. The average molecular weight is 419 g/mol. The minimum atomic E-state index is -0.0731. The van der Waals surface area contributed by atoms with Gasteiger partial charge in [-0.2, -0.15) is 0 Å². The second kappa shape index (κ2) is 7.85. The van der Waals surface area contributed by atoms with Gasteiger partial charge in [0.15, 0.2) is 4.34 Å². The summed E-state index contributed by atoms with van der Waals surface area (Å²) in [6.07, 6.45) is 1.50. The van der Waals surface area contributed by atoms with Gasteiger partial charge in [0, 0.05) is 35.7 Å². The van der Waals surface area contributed by atoms with Crippen molar-refractivity contribution in [1.29, 1.82) is 0 Å². The Hall–Kier alpha value is -2.90. The van der Waals surface area contributed by atoms with Gasteiger partial charge in [-0.3, -0.25) is 9.89 Å². The number of nitrogens with one attached hydrogen (secondary N) is 1. The second-order valence-electron chi connectivity index (χ2n) is 6.84. The number of thiazole rings is 1. The van der Waals surface area contributed by atoms with Gasteiger partial charge in [-0.1, -0.05) is 60.3 Å². The van der Waals surface area contributed by atoms with Crippen LogP contribution in [-0.2, 0) is 18.6 Å². The van der Waals surface area contributed by atoms with Crippen molar-refractivity contribution >= 4 is 34.6 Å². The summed E-state index contributed by atoms with van der Waals surface area (Å²) in [7, 11) is 0. The number of aromatic amines is 1. The number of hydrogen-bond donors (Lipinski definition) is 1. The predicted octanol–water partition coefficient (Wildman–Crippen LogP) is 4.65. The van der Waals surface area contributed by atoms with E-state index in [1.165, 1.54) is 5.56 Å². The number of thioether (sulfide) groups is 1. The van der Waals surface area contributed by atoms with Crippen molar-refractivity contribution in [3.8, 4) is 0 Å². The first-order valence-corrected chi connectivity index (χ1v) is 11.2. The smallest absolute Gasteiger partial charge is 0.272 e. The minimum Gasteiger partial charge on any atom is -0.293 e. The fourth-order valence-corrected chi connectivity index (χ4v) is 5.08. The molecule has 7 heteroatoms. The summed E-state index contributed by atoms with van der Waals surface area (Å²) in [4.78, 5) is 21.7. The molecule has 2 aromatic carbocycles. The molecule has 0 aliphatic carbocycles. The molecule has 0 spiro atoms. The van der Waals surface area contributed by atoms with Crippen molar-refractivity contribution in [2.24, 2.45) is 4.99 Å². The predicted molar refractivity (Wildman–Crippen MR) is 119 cm³/mol. The van der Waals surface area contributed by atoms with Gasteiger partial charge in [0.1, 0.15) is 5.84 Å². The van der Waals surface area contributed by atoms with E-state index in [2.05, 4.69) is 27.6 Å². The summed E-state index contributed by atoms with van der Waals surface area (Å²) >= 11 is 3.29. The van der Waals surface area contributed by atoms with Crippen LogP contribution in [0.3, 0.4) is 0 Å². The van der Waals surface area contributed by atoms with E-state index < -0.39 is 0 Å². The molecule has 29 heavy (non-hydrogen) atoms. The fraction of sp³-hybridized carbons (Fsp3) is 0.136. The molecule has 144 valence electrons. The molecule has 0 unspecified atom stereocenters. The lowest BCUT2D eigenvalue weighted by Gasteiger charge is -2.00. The minimum absolute atomic E-state index is 0.0731. The van der Waals surface area contributed by atoms with Crippen LogP contribution < -0.4 is 5.56 Å². The monoisotopic (exact) mass is 418 g/mol. The summed E-state index contributed by atoms with van der Waals surface area (Å²) in [5.74, 6) is 1.41. The maximum Gasteiger partial charge on any atom is 0.272 e. The van der Waals surface area contributed by atoms with E-state index in [4.69, 9.17) is 4.98 Å². The number of fused-ring (bicyclic) bond motifs is 1. The number of para-hydroxylation sites is 1. The van der Waals surface area contributed by atoms with Crippen LogP contribution in [0.25, 0.3) is 0 Å². The van der Waals surface area contributed by atoms with E-state index in [1.54, 1.807) is 33.8 Å². The van der Waals surface area contributed by atoms with E-state index in [0.717, 1.165) is 39.2 Å². The van der Waals surface area contributed by atoms with Gasteiger partial charge < -0.3 is 0 Å². The van der Waals surface area contributed by atoms with Crippen LogP contribution >= 0.6 is 23.1 Å². The number of hydrogen-bond acceptors (Lipinski definition) is 5. The topological polar surface area (TPSA) is 63.0 Å². The number of benzene rings is 2. The van der Waals surface area contributed by atoms with Gasteiger partial charge in [-0.25, -0.2) is 14.7 Å². The van der Waals surface area contributed by atoms with E-state index in [9.17, 15) is 4.79 Å². The number of H-pyrrole nitrogens is 1. The molecule has 1 N–H and O–H groups in total. The zero-order valence-corrected chi connectivity index (χ0v) is 17.2. The number of aromatic nitrogens is 3. The SMILES string of the molecule is O=c1cc(CSc2nc(Cc3ccccc3)cs2)[nH]n1C1=Nc2ccccc2C1. The number of rotatable bonds is 5. The first-order chi connectivity index (χ1) is 14.2. The molecule has 4 aromatic rings. The maximum atomic E-state index is 12.4. The van der Waals surface area contributed by atoms with Crippen molar-refractivity contribution in [1.82, 2.24) is 14.8 Å². The van der Waals surface area contributed by atoms with Crippen LogP contribution in [0.15, 0.2) is 80.2 Å². The van der Waals surface area contributed by atoms with E-state index in [1.807, 2.05) is 42.5 Å². The molecule has 3 heterocycles. The molecule has 0 amide bonds. The summed E-state index contributed by atoms with van der Waals surface area (Å²) < 4.78 is 2.56. The highest BCUT2D eigenvalue weighted by Crippen LogP contribution is 2.28. The molecule has 5 nitrogen and oxygen atoms in total. The Labute approximate surface area is 176 Å². The Balaban J connectivity index is 1.25. The third kappa shape index (κ3) is 3.97. The Morgan fingerprint density at radius 2 is 1.93 bits per heavy atom. The molecular weight excluding hydrogens is 400 g/mol. The molecule has 1 aliphatic heterocycles. The molecule has 5 rings (SSSR count). The first kappa shape index (κ1) is 18.1. The summed E-state index contributed by atoms with van der Waals surface area (Å²) in [5.41, 5.74) is 5.22. The third-order valence-corrected chi connectivity index (χ3v) is 6.85. The number of nitrogens with zero attached hydrogens (tertiary/aromatic N) is 3. The van der Waals surface area contributed by atoms with Gasteiger partial charge >= 0.3 is 0 Å². The molecule has 0 saturated heterocycles. The summed E-state index contributed by atoms with van der Waals surface area (Å²) in [6.45, 7) is 0. The van der Waals surface area contributed by atoms with Crippen molar-refractivity contribution in [2.45, 2.75) is 22.9 Å². The molecule has 0 saturated carbocycles. The van der Waals surface area contributed by atoms with Crippen molar-refractivity contribution < 1.29 is 0 Å². The Bertz CT molecular complexity index is 1240. The third-order valence-electron chi connectivity index (χ3n) is 4.73. The maximum absolute atomic E-state index is 12.4. The summed E-state index contributed by atoms with van der Waals surface area (Å²) in [6, 6.07) is 20.0. The van der Waals surface area contributed by atoms with Gasteiger partial charge in [0.2, 0.25) is 0 Å². The molecule has 0 atom stereocenters. The average Bonchev–Trinajstić information content (AvgIpc) is 3.45. The number of aliphatic imine (C=N–C) groups is 1. The highest BCUT2D eigenvalue weighted by Gasteiger charge is 2.18. The van der Waals surface area contributed by atoms with Gasteiger partial charge in [0.05, 0.1) is 11.4 Å². The van der Waals surface area contributed by atoms with Crippen LogP contribution in [-0.4, -0.2) is 20.6 Å². The normalized spacial score (nSPS) is 12.8. The lowest BCUT2D eigenvalue weighted by Crippen LogP contribution is -2.24. The molecule has 1 aliphatic rings. The quantitative estimate of drug-likeness (QED) is 0.480. The molecule has 0 bridgehead atoms. The molecule has 0 fully saturated rings. The van der Waals surface area contributed by atoms with Crippen molar-refractivity contribution in [3.05, 3.63) is 98.9 Å². The fourth-order valence-electron chi connectivity index (χ4n) is 3.34. The van der Waals surface area contributed by atoms with Crippen LogP contribution in [0, 0.1) is 0 Å². The lowest BCUT2D eigenvalue weighted by molar-refractivity contribution is 0.868. The second-order valence-corrected chi connectivity index (χ2v) is 8.92. The van der Waals surface area contributed by atoms with Crippen molar-refractivity contribution in [2.75, 3.05) is 0 Å². The zero-order valence-electron chi connectivity index (χ0n) is 15.5. The van der Waals surface area contributed by atoms with Gasteiger partial charge in [-0.15, -0.1) is 11.3 Å². The van der Waals surface area contributed by atoms with Gasteiger partial charge in [0.25, 0.3) is 5.56 Å². The van der Waals surface area contributed by atoms with Crippen LogP contribution in [0.2, 0.25) is 0 Å². The molecular formula is C22H18N4OS2. The van der Waals surface area contributed by atoms with Crippen LogP contribution in [0.1, 0.15) is 22.5 Å². The Kier molecular flexibility index (Phi) is 4.91. The van der Waals surface area contributed by atoms with Crippen molar-refractivity contribution in [3.63, 3.8) is 0 Å². The Morgan fingerprint density at radius 1 is 1.10 bits per heavy atom. The highest BCUT2D eigenvalue weighted by molar-refractivity contribution is 8.00. The van der Waals surface area contributed by atoms with E-state index >= 15 is 0 Å². The largest absolute Gasteiger partial charge is 0.293 e. The zero-order chi connectivity index (χ0) is 19.6. The Morgan fingerprint density at radius 3 is 2.79 bits per heavy atom. The van der Waals surface area contributed by atoms with Gasteiger partial charge in [-0.05, 0) is 17.2 Å². The first-order valence-electron chi connectivity index (χ1n) is 9.32. The van der Waals surface area contributed by atoms with E-state index in [0.29, 0.717) is 12.2 Å². The van der Waals surface area contributed by atoms with E-state index in [-0.39, 0.29) is 5.56 Å². The molecule has 2 aromatic heterocycles. The van der Waals surface area contributed by atoms with Crippen LogP contribution in [0.4, 0.5) is 5.69 Å². The van der Waals surface area contributed by atoms with Crippen LogP contribution in [0.5, 0.6) is 0 Å². The standard InChI is InChI=1S/C22H18N4OS2/c27-21-12-18(25-26(21)20-11-16-8-4-5-9-19(16)24-20)14-29-22-23-17(13-28-22)10-15-6-2-1-3-7-15/h1-9,12-13,25H,10-11,14H2. The lowest BCUT2D eigenvalue weighted by atomic mass is 10.1. The highest BCUT2D eigenvalue weighted by atomic mass is 32.2. The summed E-state index contributed by atoms with van der Waals surface area (Å²) in [5, 5.41) is 5.31.